The van der Waals surface area contributed by atoms with Gasteiger partial charge >= 0.3 is 0 Å². The minimum Gasteiger partial charge on any atom is -0.480 e. The molecule has 1 unspecified atom stereocenters. The maximum atomic E-state index is 9.26. The van der Waals surface area contributed by atoms with Crippen molar-refractivity contribution in [1.82, 2.24) is 15.0 Å². The highest BCUT2D eigenvalue weighted by atomic mass is 16.5. The third-order valence-electron chi connectivity index (χ3n) is 3.81. The quantitative estimate of drug-likeness (QED) is 0.833. The van der Waals surface area contributed by atoms with E-state index in [1.807, 2.05) is 19.9 Å². The van der Waals surface area contributed by atoms with Crippen LogP contribution in [0, 0.1) is 31.1 Å². The van der Waals surface area contributed by atoms with Crippen molar-refractivity contribution in [2.45, 2.75) is 13.8 Å². The van der Waals surface area contributed by atoms with E-state index in [1.54, 1.807) is 7.11 Å². The molecule has 0 amide bonds. The molecule has 120 valence electrons. The van der Waals surface area contributed by atoms with Gasteiger partial charge in [0, 0.05) is 18.8 Å². The highest BCUT2D eigenvalue weighted by molar-refractivity contribution is 5.94. The summed E-state index contributed by atoms with van der Waals surface area (Å²) >= 11 is 0. The number of nitrogens with zero attached hydrogens (tertiary/aromatic N) is 5. The van der Waals surface area contributed by atoms with Crippen LogP contribution in [0.1, 0.15) is 11.5 Å². The Morgan fingerprint density at radius 1 is 1.35 bits per heavy atom. The first-order chi connectivity index (χ1) is 11.1. The van der Waals surface area contributed by atoms with Crippen molar-refractivity contribution in [3.63, 3.8) is 0 Å². The number of hydrogen-bond donors (Lipinski definition) is 0. The molecule has 7 nitrogen and oxygen atoms in total. The van der Waals surface area contributed by atoms with E-state index in [1.165, 1.54) is 0 Å². The molecule has 0 radical (unpaired) electrons. The smallest absolute Gasteiger partial charge is 0.226 e. The summed E-state index contributed by atoms with van der Waals surface area (Å²) in [5.74, 6) is 1.75. The molecule has 1 aliphatic rings. The minimum atomic E-state index is -0.188. The second kappa shape index (κ2) is 6.34. The lowest BCUT2D eigenvalue weighted by molar-refractivity contribution is 0.137. The molecule has 3 rings (SSSR count). The van der Waals surface area contributed by atoms with Gasteiger partial charge in [0.05, 0.1) is 37.8 Å². The fourth-order valence-corrected chi connectivity index (χ4v) is 2.79. The SMILES string of the molecule is COc1nc(C)cc2nc(C)nc(N3CCOCC(C#N)C3)c12. The first-order valence-electron chi connectivity index (χ1n) is 7.54. The Morgan fingerprint density at radius 3 is 2.91 bits per heavy atom. The Labute approximate surface area is 134 Å². The molecular formula is C16H19N5O2. The number of methoxy groups -OCH3 is 1. The Hall–Kier alpha value is -2.46. The number of ether oxygens (including phenoxy) is 2. The van der Waals surface area contributed by atoms with Gasteiger partial charge in [-0.2, -0.15) is 5.26 Å². The molecule has 23 heavy (non-hydrogen) atoms. The van der Waals surface area contributed by atoms with Crippen LogP contribution in [0.5, 0.6) is 5.88 Å². The van der Waals surface area contributed by atoms with Gasteiger partial charge in [-0.15, -0.1) is 0 Å². The highest BCUT2D eigenvalue weighted by Gasteiger charge is 2.23. The fourth-order valence-electron chi connectivity index (χ4n) is 2.79. The lowest BCUT2D eigenvalue weighted by Crippen LogP contribution is -2.30. The van der Waals surface area contributed by atoms with Gasteiger partial charge in [0.2, 0.25) is 5.88 Å². The standard InChI is InChI=1S/C16H19N5O2/c1-10-6-13-14(16(18-10)22-3)15(20-11(2)19-13)21-4-5-23-9-12(7-17)8-21/h6,12H,4-5,8-9H2,1-3H3. The third kappa shape index (κ3) is 3.03. The lowest BCUT2D eigenvalue weighted by atomic mass is 10.1. The van der Waals surface area contributed by atoms with Gasteiger partial charge < -0.3 is 14.4 Å². The number of anilines is 1. The molecule has 1 fully saturated rings. The average molecular weight is 313 g/mol. The van der Waals surface area contributed by atoms with Crippen LogP contribution in [0.25, 0.3) is 10.9 Å². The number of nitriles is 1. The van der Waals surface area contributed by atoms with Gasteiger partial charge in [-0.1, -0.05) is 0 Å². The first kappa shape index (κ1) is 15.4. The van der Waals surface area contributed by atoms with Gasteiger partial charge in [-0.05, 0) is 19.9 Å². The van der Waals surface area contributed by atoms with Crippen molar-refractivity contribution in [3.8, 4) is 11.9 Å². The van der Waals surface area contributed by atoms with Crippen LogP contribution in [-0.2, 0) is 4.74 Å². The second-order valence-corrected chi connectivity index (χ2v) is 5.61. The van der Waals surface area contributed by atoms with E-state index in [0.29, 0.717) is 38.0 Å². The summed E-state index contributed by atoms with van der Waals surface area (Å²) in [6, 6.07) is 4.21. The Bertz CT molecular complexity index is 766. The second-order valence-electron chi connectivity index (χ2n) is 5.61. The summed E-state index contributed by atoms with van der Waals surface area (Å²) in [6.45, 7) is 6.01. The molecule has 0 spiro atoms. The highest BCUT2D eigenvalue weighted by Crippen LogP contribution is 2.32. The topological polar surface area (TPSA) is 84.2 Å². The van der Waals surface area contributed by atoms with Crippen LogP contribution in [0.4, 0.5) is 5.82 Å². The van der Waals surface area contributed by atoms with Crippen LogP contribution >= 0.6 is 0 Å². The summed E-state index contributed by atoms with van der Waals surface area (Å²) in [5, 5.41) is 10.0. The molecule has 0 N–H and O–H groups in total. The molecule has 1 aliphatic heterocycles. The number of rotatable bonds is 2. The number of fused-ring (bicyclic) bond motifs is 1. The van der Waals surface area contributed by atoms with Crippen molar-refractivity contribution < 1.29 is 9.47 Å². The largest absolute Gasteiger partial charge is 0.480 e. The number of aryl methyl sites for hydroxylation is 2. The molecular weight excluding hydrogens is 294 g/mol. The van der Waals surface area contributed by atoms with Crippen molar-refractivity contribution in [2.75, 3.05) is 38.3 Å². The minimum absolute atomic E-state index is 0.188. The predicted molar refractivity (Wildman–Crippen MR) is 85.5 cm³/mol. The van der Waals surface area contributed by atoms with Crippen molar-refractivity contribution in [2.24, 2.45) is 5.92 Å². The first-order valence-corrected chi connectivity index (χ1v) is 7.54. The third-order valence-corrected chi connectivity index (χ3v) is 3.81. The molecule has 0 aliphatic carbocycles. The van der Waals surface area contributed by atoms with Crippen LogP contribution in [0.3, 0.4) is 0 Å². The van der Waals surface area contributed by atoms with Gasteiger partial charge in [0.15, 0.2) is 0 Å². The Balaban J connectivity index is 2.17. The van der Waals surface area contributed by atoms with Crippen molar-refractivity contribution in [1.29, 1.82) is 5.26 Å². The van der Waals surface area contributed by atoms with E-state index >= 15 is 0 Å². The van der Waals surface area contributed by atoms with E-state index in [0.717, 1.165) is 22.4 Å². The van der Waals surface area contributed by atoms with E-state index < -0.39 is 0 Å². The Kier molecular flexibility index (Phi) is 4.26. The molecule has 2 aromatic heterocycles. The van der Waals surface area contributed by atoms with Gasteiger partial charge in [-0.25, -0.2) is 15.0 Å². The zero-order chi connectivity index (χ0) is 16.4. The molecule has 7 heteroatoms. The summed E-state index contributed by atoms with van der Waals surface area (Å²) in [4.78, 5) is 15.6. The maximum absolute atomic E-state index is 9.26. The summed E-state index contributed by atoms with van der Waals surface area (Å²) in [7, 11) is 1.59. The van der Waals surface area contributed by atoms with Gasteiger partial charge in [0.25, 0.3) is 0 Å². The molecule has 1 atom stereocenters. The zero-order valence-corrected chi connectivity index (χ0v) is 13.5. The predicted octanol–water partition coefficient (Wildman–Crippen LogP) is 1.63. The lowest BCUT2D eigenvalue weighted by Gasteiger charge is -2.24. The van der Waals surface area contributed by atoms with E-state index in [9.17, 15) is 5.26 Å². The van der Waals surface area contributed by atoms with Crippen LogP contribution in [-0.4, -0.2) is 48.4 Å². The molecule has 2 aromatic rings. The molecule has 1 saturated heterocycles. The normalized spacial score (nSPS) is 18.5. The molecule has 0 bridgehead atoms. The summed E-state index contributed by atoms with van der Waals surface area (Å²) in [5.41, 5.74) is 1.64. The van der Waals surface area contributed by atoms with Crippen LogP contribution in [0.2, 0.25) is 0 Å². The van der Waals surface area contributed by atoms with E-state index in [-0.39, 0.29) is 5.92 Å². The summed E-state index contributed by atoms with van der Waals surface area (Å²) < 4.78 is 11.0. The average Bonchev–Trinajstić information content (AvgIpc) is 2.78. The Morgan fingerprint density at radius 2 is 2.17 bits per heavy atom. The zero-order valence-electron chi connectivity index (χ0n) is 13.5. The van der Waals surface area contributed by atoms with Gasteiger partial charge in [-0.3, -0.25) is 0 Å². The fraction of sp³-hybridized carbons (Fsp3) is 0.500. The monoisotopic (exact) mass is 313 g/mol. The van der Waals surface area contributed by atoms with Crippen LogP contribution < -0.4 is 9.64 Å². The van der Waals surface area contributed by atoms with Crippen molar-refractivity contribution >= 4 is 16.7 Å². The van der Waals surface area contributed by atoms with Gasteiger partial charge in [0.1, 0.15) is 17.0 Å². The number of hydrogen-bond acceptors (Lipinski definition) is 7. The number of aromatic nitrogens is 3. The van der Waals surface area contributed by atoms with E-state index in [2.05, 4.69) is 25.9 Å². The molecule has 0 saturated carbocycles. The molecule has 3 heterocycles. The van der Waals surface area contributed by atoms with Crippen molar-refractivity contribution in [3.05, 3.63) is 17.6 Å². The summed E-state index contributed by atoms with van der Waals surface area (Å²) in [6.07, 6.45) is 0. The number of pyridine rings is 1. The van der Waals surface area contributed by atoms with E-state index in [4.69, 9.17) is 9.47 Å². The molecule has 0 aromatic carbocycles. The maximum Gasteiger partial charge on any atom is 0.226 e. The van der Waals surface area contributed by atoms with Crippen LogP contribution in [0.15, 0.2) is 6.07 Å².